The number of nitrogens with zero attached hydrogens (tertiary/aromatic N) is 2. The smallest absolute Gasteiger partial charge is 0.287 e. The average Bonchev–Trinajstić information content (AvgIpc) is 3.17. The summed E-state index contributed by atoms with van der Waals surface area (Å²) in [5, 5.41) is 5.46. The molecule has 1 unspecified atom stereocenters. The Balaban J connectivity index is 1.76. The number of rotatable bonds is 2. The van der Waals surface area contributed by atoms with Gasteiger partial charge >= 0.3 is 0 Å². The van der Waals surface area contributed by atoms with Crippen LogP contribution in [0.1, 0.15) is 27.1 Å². The second-order valence-corrected chi connectivity index (χ2v) is 10.9. The van der Waals surface area contributed by atoms with Crippen LogP contribution in [0.3, 0.4) is 0 Å². The highest BCUT2D eigenvalue weighted by atomic mass is 79.9. The average molecular weight is 447 g/mol. The lowest BCUT2D eigenvalue weighted by molar-refractivity contribution is 0.0769. The molecule has 0 aromatic carbocycles. The predicted molar refractivity (Wildman–Crippen MR) is 101 cm³/mol. The molecule has 1 atom stereocenters. The van der Waals surface area contributed by atoms with E-state index in [4.69, 9.17) is 0 Å². The van der Waals surface area contributed by atoms with E-state index in [1.165, 1.54) is 22.7 Å². The summed E-state index contributed by atoms with van der Waals surface area (Å²) in [7, 11) is -2.64. The normalized spacial score (nSPS) is 21.3. The molecule has 5 nitrogen and oxygen atoms in total. The van der Waals surface area contributed by atoms with Gasteiger partial charge < -0.3 is 4.90 Å². The van der Waals surface area contributed by atoms with Crippen molar-refractivity contribution in [2.24, 2.45) is 4.36 Å². The molecule has 0 radical (unpaired) electrons. The highest BCUT2D eigenvalue weighted by Gasteiger charge is 2.24. The van der Waals surface area contributed by atoms with Gasteiger partial charge in [0.25, 0.3) is 11.8 Å². The Bertz CT molecular complexity index is 866. The summed E-state index contributed by atoms with van der Waals surface area (Å²) >= 11 is 6.17. The monoisotopic (exact) mass is 446 g/mol. The SMILES string of the molecule is O=C(N=S1(=O)CCCN(C(=O)c2ccsc2)CC1)c1ccsc1Br. The number of amides is 2. The molecule has 0 spiro atoms. The third-order valence-electron chi connectivity index (χ3n) is 3.72. The van der Waals surface area contributed by atoms with Crippen LogP contribution in [0.5, 0.6) is 0 Å². The van der Waals surface area contributed by atoms with E-state index in [9.17, 15) is 13.8 Å². The van der Waals surface area contributed by atoms with Crippen molar-refractivity contribution in [3.05, 3.63) is 43.2 Å². The number of carbonyl (C=O) groups excluding carboxylic acids is 2. The van der Waals surface area contributed by atoms with Crippen LogP contribution in [-0.4, -0.2) is 45.5 Å². The van der Waals surface area contributed by atoms with E-state index in [2.05, 4.69) is 20.3 Å². The number of hydrogen-bond donors (Lipinski definition) is 0. The third kappa shape index (κ3) is 3.96. The summed E-state index contributed by atoms with van der Waals surface area (Å²) in [4.78, 5) is 26.4. The van der Waals surface area contributed by atoms with E-state index >= 15 is 0 Å². The maximum absolute atomic E-state index is 13.0. The number of halogens is 1. The summed E-state index contributed by atoms with van der Waals surface area (Å²) in [6.07, 6.45) is 0.580. The van der Waals surface area contributed by atoms with Crippen LogP contribution in [0.4, 0.5) is 0 Å². The predicted octanol–water partition coefficient (Wildman–Crippen LogP) is 3.73. The summed E-state index contributed by atoms with van der Waals surface area (Å²) in [5.74, 6) is 0.0714. The molecular weight excluding hydrogens is 432 g/mol. The minimum absolute atomic E-state index is 0.0493. The van der Waals surface area contributed by atoms with Gasteiger partial charge in [0.1, 0.15) is 0 Å². The lowest BCUT2D eigenvalue weighted by Gasteiger charge is -2.19. The van der Waals surface area contributed by atoms with Crippen LogP contribution in [0.25, 0.3) is 0 Å². The molecule has 9 heteroatoms. The van der Waals surface area contributed by atoms with E-state index in [0.717, 1.165) is 0 Å². The molecule has 2 aromatic rings. The van der Waals surface area contributed by atoms with Crippen LogP contribution >= 0.6 is 38.6 Å². The van der Waals surface area contributed by atoms with Gasteiger partial charge in [-0.25, -0.2) is 4.21 Å². The van der Waals surface area contributed by atoms with Gasteiger partial charge in [-0.1, -0.05) is 0 Å². The molecule has 128 valence electrons. The number of carbonyl (C=O) groups is 2. The van der Waals surface area contributed by atoms with E-state index in [-0.39, 0.29) is 11.7 Å². The van der Waals surface area contributed by atoms with Crippen LogP contribution in [0, 0.1) is 0 Å². The maximum atomic E-state index is 13.0. The maximum Gasteiger partial charge on any atom is 0.287 e. The molecule has 2 aromatic heterocycles. The first-order valence-electron chi connectivity index (χ1n) is 7.30. The van der Waals surface area contributed by atoms with Gasteiger partial charge in [0.15, 0.2) is 0 Å². The quantitative estimate of drug-likeness (QED) is 0.705. The first kappa shape index (κ1) is 17.8. The third-order valence-corrected chi connectivity index (χ3v) is 8.34. The first-order valence-corrected chi connectivity index (χ1v) is 11.8. The Kier molecular flexibility index (Phi) is 5.53. The lowest BCUT2D eigenvalue weighted by Crippen LogP contribution is -2.33. The van der Waals surface area contributed by atoms with Gasteiger partial charge in [-0.05, 0) is 45.2 Å². The Labute approximate surface area is 157 Å². The van der Waals surface area contributed by atoms with Crippen molar-refractivity contribution < 1.29 is 13.8 Å². The van der Waals surface area contributed by atoms with Crippen LogP contribution in [-0.2, 0) is 9.73 Å². The fraction of sp³-hybridized carbons (Fsp3) is 0.333. The number of thiophene rings is 2. The molecule has 1 aliphatic rings. The summed E-state index contributed by atoms with van der Waals surface area (Å²) < 4.78 is 17.7. The van der Waals surface area contributed by atoms with Gasteiger partial charge in [-0.2, -0.15) is 15.7 Å². The van der Waals surface area contributed by atoms with E-state index in [1.54, 1.807) is 22.4 Å². The largest absolute Gasteiger partial charge is 0.338 e. The Morgan fingerprint density at radius 1 is 1.21 bits per heavy atom. The molecule has 24 heavy (non-hydrogen) atoms. The Morgan fingerprint density at radius 2 is 2.04 bits per heavy atom. The van der Waals surface area contributed by atoms with E-state index in [1.807, 2.05) is 10.8 Å². The fourth-order valence-electron chi connectivity index (χ4n) is 2.46. The minimum atomic E-state index is -2.64. The van der Waals surface area contributed by atoms with E-state index in [0.29, 0.717) is 40.2 Å². The van der Waals surface area contributed by atoms with Gasteiger partial charge in [0.05, 0.1) is 24.6 Å². The molecule has 0 saturated carbocycles. The highest BCUT2D eigenvalue weighted by Crippen LogP contribution is 2.25. The molecule has 0 aliphatic carbocycles. The molecule has 3 heterocycles. The molecule has 1 aliphatic heterocycles. The summed E-state index contributed by atoms with van der Waals surface area (Å²) in [6, 6.07) is 3.46. The second-order valence-electron chi connectivity index (χ2n) is 5.34. The first-order chi connectivity index (χ1) is 11.5. The zero-order chi connectivity index (χ0) is 17.2. The van der Waals surface area contributed by atoms with Crippen LogP contribution in [0.2, 0.25) is 0 Å². The molecule has 3 rings (SSSR count). The van der Waals surface area contributed by atoms with Crippen molar-refractivity contribution in [3.63, 3.8) is 0 Å². The molecule has 0 N–H and O–H groups in total. The van der Waals surface area contributed by atoms with Crippen molar-refractivity contribution in [2.75, 3.05) is 24.6 Å². The summed E-state index contributed by atoms with van der Waals surface area (Å²) in [5.41, 5.74) is 1.10. The fourth-order valence-corrected chi connectivity index (χ4v) is 6.19. The van der Waals surface area contributed by atoms with Crippen LogP contribution < -0.4 is 0 Å². The van der Waals surface area contributed by atoms with Crippen molar-refractivity contribution in [3.8, 4) is 0 Å². The molecule has 0 bridgehead atoms. The van der Waals surface area contributed by atoms with Gasteiger partial charge in [0, 0.05) is 30.0 Å². The van der Waals surface area contributed by atoms with Crippen molar-refractivity contribution in [2.45, 2.75) is 6.42 Å². The van der Waals surface area contributed by atoms with Gasteiger partial charge in [-0.15, -0.1) is 11.3 Å². The van der Waals surface area contributed by atoms with Crippen molar-refractivity contribution >= 4 is 60.1 Å². The molecule has 1 fully saturated rings. The molecule has 1 saturated heterocycles. The van der Waals surface area contributed by atoms with Crippen molar-refractivity contribution in [1.29, 1.82) is 0 Å². The van der Waals surface area contributed by atoms with Gasteiger partial charge in [0.2, 0.25) is 0 Å². The topological polar surface area (TPSA) is 66.8 Å². The zero-order valence-corrected chi connectivity index (χ0v) is 16.7. The Morgan fingerprint density at radius 3 is 2.71 bits per heavy atom. The standard InChI is InChI=1S/C15H15BrN2O3S3/c16-13-12(3-7-23-13)14(19)17-24(21)8-1-4-18(5-9-24)15(20)11-2-6-22-10-11/h2-3,6-7,10H,1,4-5,8-9H2. The van der Waals surface area contributed by atoms with Crippen LogP contribution in [0.15, 0.2) is 36.4 Å². The van der Waals surface area contributed by atoms with Crippen molar-refractivity contribution in [1.82, 2.24) is 4.90 Å². The molecular formula is C15H15BrN2O3S3. The minimum Gasteiger partial charge on any atom is -0.338 e. The van der Waals surface area contributed by atoms with Gasteiger partial charge in [-0.3, -0.25) is 9.59 Å². The highest BCUT2D eigenvalue weighted by molar-refractivity contribution is 9.11. The molecule has 2 amide bonds. The Hall–Kier alpha value is -1.03. The van der Waals surface area contributed by atoms with E-state index < -0.39 is 15.6 Å². The summed E-state index contributed by atoms with van der Waals surface area (Å²) in [6.45, 7) is 0.895. The second kappa shape index (κ2) is 7.47. The lowest BCUT2D eigenvalue weighted by atomic mass is 10.3. The zero-order valence-electron chi connectivity index (χ0n) is 12.6. The number of hydrogen-bond acceptors (Lipinski definition) is 5.